The summed E-state index contributed by atoms with van der Waals surface area (Å²) in [7, 11) is 0. The molecule has 0 saturated carbocycles. The number of aryl methyl sites for hydroxylation is 1. The van der Waals surface area contributed by atoms with Crippen LogP contribution in [0.15, 0.2) is 47.1 Å². The molecule has 7 heteroatoms. The fraction of sp³-hybridized carbons (Fsp3) is 0.350. The Hall–Kier alpha value is -2.67. The van der Waals surface area contributed by atoms with Crippen LogP contribution in [0.3, 0.4) is 0 Å². The van der Waals surface area contributed by atoms with Crippen molar-refractivity contribution in [1.29, 1.82) is 0 Å². The van der Waals surface area contributed by atoms with Crippen LogP contribution in [-0.2, 0) is 11.2 Å². The summed E-state index contributed by atoms with van der Waals surface area (Å²) in [6.07, 6.45) is 3.04. The predicted octanol–water partition coefficient (Wildman–Crippen LogP) is 3.39. The number of nitrogens with zero attached hydrogens (tertiary/aromatic N) is 1. The Bertz CT molecular complexity index is 869. The van der Waals surface area contributed by atoms with Crippen LogP contribution in [0.25, 0.3) is 10.2 Å². The number of para-hydroxylation sites is 1. The number of hydrogen-bond acceptors (Lipinski definition) is 5. The van der Waals surface area contributed by atoms with Crippen LogP contribution < -0.4 is 10.6 Å². The fourth-order valence-electron chi connectivity index (χ4n) is 2.74. The number of carbonyl (C=O) groups is 2. The highest BCUT2D eigenvalue weighted by Crippen LogP contribution is 2.22. The van der Waals surface area contributed by atoms with Crippen molar-refractivity contribution in [2.24, 2.45) is 5.92 Å². The quantitative estimate of drug-likeness (QED) is 0.582. The predicted molar refractivity (Wildman–Crippen MR) is 106 cm³/mol. The van der Waals surface area contributed by atoms with Gasteiger partial charge in [0.2, 0.25) is 5.91 Å². The maximum absolute atomic E-state index is 12.5. The van der Waals surface area contributed by atoms with Crippen molar-refractivity contribution in [3.8, 4) is 0 Å². The molecule has 1 atom stereocenters. The van der Waals surface area contributed by atoms with Gasteiger partial charge in [0.05, 0.1) is 21.5 Å². The first-order valence-electron chi connectivity index (χ1n) is 9.01. The molecule has 0 spiro atoms. The van der Waals surface area contributed by atoms with Gasteiger partial charge in [0.25, 0.3) is 5.91 Å². The van der Waals surface area contributed by atoms with Crippen LogP contribution in [0, 0.1) is 5.92 Å². The standard InChI is InChI=1S/C20H23N3O3S/c1-13(2)18(23-19(24)15-8-6-12-26-15)20(25)21-11-5-10-17-22-14-7-3-4-9-16(14)27-17/h3-4,6-9,12-13,18H,5,10-11H2,1-2H3,(H,21,25)(H,23,24). The number of benzene rings is 1. The Morgan fingerprint density at radius 3 is 2.70 bits per heavy atom. The third-order valence-corrected chi connectivity index (χ3v) is 5.28. The molecule has 1 unspecified atom stereocenters. The first-order valence-corrected chi connectivity index (χ1v) is 9.83. The van der Waals surface area contributed by atoms with E-state index in [1.165, 1.54) is 11.0 Å². The molecule has 2 heterocycles. The van der Waals surface area contributed by atoms with Gasteiger partial charge < -0.3 is 15.1 Å². The SMILES string of the molecule is CC(C)C(NC(=O)c1ccco1)C(=O)NCCCc1nc2ccccc2s1. The number of fused-ring (bicyclic) bond motifs is 1. The Morgan fingerprint density at radius 2 is 2.00 bits per heavy atom. The highest BCUT2D eigenvalue weighted by molar-refractivity contribution is 7.18. The smallest absolute Gasteiger partial charge is 0.287 e. The molecule has 142 valence electrons. The Labute approximate surface area is 162 Å². The lowest BCUT2D eigenvalue weighted by molar-refractivity contribution is -0.123. The van der Waals surface area contributed by atoms with Gasteiger partial charge in [0, 0.05) is 13.0 Å². The molecule has 2 amide bonds. The van der Waals surface area contributed by atoms with Crippen molar-refractivity contribution in [3.63, 3.8) is 0 Å². The minimum Gasteiger partial charge on any atom is -0.459 e. The number of rotatable bonds is 8. The lowest BCUT2D eigenvalue weighted by Gasteiger charge is -2.21. The number of furan rings is 1. The Morgan fingerprint density at radius 1 is 1.19 bits per heavy atom. The Kier molecular flexibility index (Phi) is 6.24. The van der Waals surface area contributed by atoms with Crippen molar-refractivity contribution in [2.45, 2.75) is 32.7 Å². The summed E-state index contributed by atoms with van der Waals surface area (Å²) in [5.41, 5.74) is 1.02. The molecule has 0 aliphatic carbocycles. The molecular formula is C20H23N3O3S. The van der Waals surface area contributed by atoms with Crippen molar-refractivity contribution in [3.05, 3.63) is 53.4 Å². The number of nitrogens with one attached hydrogen (secondary N) is 2. The van der Waals surface area contributed by atoms with Crippen molar-refractivity contribution < 1.29 is 14.0 Å². The molecule has 2 aromatic heterocycles. The summed E-state index contributed by atoms with van der Waals surface area (Å²) >= 11 is 1.68. The van der Waals surface area contributed by atoms with Crippen LogP contribution in [0.2, 0.25) is 0 Å². The van der Waals surface area contributed by atoms with Gasteiger partial charge in [-0.1, -0.05) is 26.0 Å². The van der Waals surface area contributed by atoms with Crippen molar-refractivity contribution >= 4 is 33.4 Å². The molecule has 0 bridgehead atoms. The molecule has 3 rings (SSSR count). The number of carbonyl (C=O) groups excluding carboxylic acids is 2. The van der Waals surface area contributed by atoms with Gasteiger partial charge in [-0.25, -0.2) is 4.98 Å². The average molecular weight is 385 g/mol. The van der Waals surface area contributed by atoms with E-state index in [1.807, 2.05) is 32.0 Å². The summed E-state index contributed by atoms with van der Waals surface area (Å²) in [5.74, 6) is -0.407. The monoisotopic (exact) mass is 385 g/mol. The van der Waals surface area contributed by atoms with E-state index >= 15 is 0 Å². The van der Waals surface area contributed by atoms with E-state index in [4.69, 9.17) is 4.42 Å². The van der Waals surface area contributed by atoms with E-state index in [2.05, 4.69) is 21.7 Å². The number of hydrogen-bond donors (Lipinski definition) is 2. The van der Waals surface area contributed by atoms with Crippen LogP contribution in [0.4, 0.5) is 0 Å². The fourth-order valence-corrected chi connectivity index (χ4v) is 3.75. The van der Waals surface area contributed by atoms with Gasteiger partial charge in [0.1, 0.15) is 6.04 Å². The zero-order chi connectivity index (χ0) is 19.2. The van der Waals surface area contributed by atoms with Crippen LogP contribution >= 0.6 is 11.3 Å². The molecule has 0 radical (unpaired) electrons. The topological polar surface area (TPSA) is 84.2 Å². The number of amides is 2. The van der Waals surface area contributed by atoms with Crippen molar-refractivity contribution in [2.75, 3.05) is 6.54 Å². The number of thiazole rings is 1. The maximum Gasteiger partial charge on any atom is 0.287 e. The second-order valence-corrected chi connectivity index (χ2v) is 7.76. The summed E-state index contributed by atoms with van der Waals surface area (Å²) < 4.78 is 6.26. The molecule has 1 aromatic carbocycles. The van der Waals surface area contributed by atoms with Gasteiger partial charge in [0.15, 0.2) is 5.76 Å². The van der Waals surface area contributed by atoms with Crippen LogP contribution in [-0.4, -0.2) is 29.4 Å². The molecule has 0 fully saturated rings. The van der Waals surface area contributed by atoms with Gasteiger partial charge in [-0.3, -0.25) is 9.59 Å². The minimum atomic E-state index is -0.606. The first kappa shape index (κ1) is 19.1. The van der Waals surface area contributed by atoms with Crippen molar-refractivity contribution in [1.82, 2.24) is 15.6 Å². The van der Waals surface area contributed by atoms with Gasteiger partial charge in [-0.05, 0) is 36.6 Å². The summed E-state index contributed by atoms with van der Waals surface area (Å²) in [4.78, 5) is 29.2. The molecule has 0 aliphatic heterocycles. The molecule has 2 N–H and O–H groups in total. The summed E-state index contributed by atoms with van der Waals surface area (Å²) in [6.45, 7) is 4.33. The average Bonchev–Trinajstić information content (AvgIpc) is 3.31. The highest BCUT2D eigenvalue weighted by atomic mass is 32.1. The normalized spacial score (nSPS) is 12.3. The zero-order valence-electron chi connectivity index (χ0n) is 15.4. The van der Waals surface area contributed by atoms with E-state index < -0.39 is 6.04 Å². The molecule has 27 heavy (non-hydrogen) atoms. The second-order valence-electron chi connectivity index (χ2n) is 6.64. The third kappa shape index (κ3) is 4.95. The molecule has 3 aromatic rings. The van der Waals surface area contributed by atoms with E-state index in [9.17, 15) is 9.59 Å². The van der Waals surface area contributed by atoms with Gasteiger partial charge >= 0.3 is 0 Å². The lowest BCUT2D eigenvalue weighted by atomic mass is 10.0. The Balaban J connectivity index is 1.48. The summed E-state index contributed by atoms with van der Waals surface area (Å²) in [5, 5.41) is 6.72. The zero-order valence-corrected chi connectivity index (χ0v) is 16.2. The minimum absolute atomic E-state index is 0.0341. The summed E-state index contributed by atoms with van der Waals surface area (Å²) in [6, 6.07) is 10.7. The van der Waals surface area contributed by atoms with E-state index in [-0.39, 0.29) is 23.5 Å². The van der Waals surface area contributed by atoms with E-state index in [1.54, 1.807) is 23.5 Å². The van der Waals surface area contributed by atoms with Gasteiger partial charge in [-0.15, -0.1) is 11.3 Å². The first-order chi connectivity index (χ1) is 13.0. The second kappa shape index (κ2) is 8.81. The van der Waals surface area contributed by atoms with E-state index in [0.29, 0.717) is 6.54 Å². The van der Waals surface area contributed by atoms with E-state index in [0.717, 1.165) is 23.4 Å². The molecule has 0 saturated heterocycles. The van der Waals surface area contributed by atoms with Crippen LogP contribution in [0.1, 0.15) is 35.8 Å². The van der Waals surface area contributed by atoms with Gasteiger partial charge in [-0.2, -0.15) is 0 Å². The third-order valence-electron chi connectivity index (χ3n) is 4.19. The largest absolute Gasteiger partial charge is 0.459 e. The molecular weight excluding hydrogens is 362 g/mol. The highest BCUT2D eigenvalue weighted by Gasteiger charge is 2.25. The lowest BCUT2D eigenvalue weighted by Crippen LogP contribution is -2.49. The molecule has 0 aliphatic rings. The maximum atomic E-state index is 12.5. The van der Waals surface area contributed by atoms with Crippen LogP contribution in [0.5, 0.6) is 0 Å². The number of aromatic nitrogens is 1. The molecule has 6 nitrogen and oxygen atoms in total.